The number of aryl methyl sites for hydroxylation is 1. The molecule has 0 saturated carbocycles. The Hall–Kier alpha value is -2.77. The van der Waals surface area contributed by atoms with Gasteiger partial charge < -0.3 is 25.0 Å². The van der Waals surface area contributed by atoms with E-state index in [4.69, 9.17) is 9.47 Å². The van der Waals surface area contributed by atoms with Crippen molar-refractivity contribution in [3.8, 4) is 5.75 Å². The zero-order valence-electron chi connectivity index (χ0n) is 19.0. The molecule has 0 bridgehead atoms. The monoisotopic (exact) mass is 433 g/mol. The Morgan fingerprint density at radius 1 is 1.13 bits per heavy atom. The quantitative estimate of drug-likeness (QED) is 0.657. The van der Waals surface area contributed by atoms with Crippen LogP contribution in [-0.4, -0.2) is 61.7 Å². The molecule has 1 saturated heterocycles. The second-order valence-corrected chi connectivity index (χ2v) is 8.84. The van der Waals surface area contributed by atoms with Crippen LogP contribution in [0.1, 0.15) is 45.6 Å². The third-order valence-corrected chi connectivity index (χ3v) is 5.11. The van der Waals surface area contributed by atoms with E-state index in [9.17, 15) is 14.4 Å². The van der Waals surface area contributed by atoms with Crippen LogP contribution >= 0.6 is 0 Å². The fourth-order valence-corrected chi connectivity index (χ4v) is 3.39. The van der Waals surface area contributed by atoms with Crippen LogP contribution in [0.15, 0.2) is 24.3 Å². The summed E-state index contributed by atoms with van der Waals surface area (Å²) in [5, 5.41) is 5.51. The van der Waals surface area contributed by atoms with Crippen LogP contribution in [0, 0.1) is 5.92 Å². The summed E-state index contributed by atoms with van der Waals surface area (Å²) >= 11 is 0. The topological polar surface area (TPSA) is 97.0 Å². The Bertz CT molecular complexity index is 752. The van der Waals surface area contributed by atoms with Crippen molar-refractivity contribution < 1.29 is 23.9 Å². The number of alkyl carbamates (subject to hydrolysis) is 1. The van der Waals surface area contributed by atoms with Crippen LogP contribution in [0.3, 0.4) is 0 Å². The Balaban J connectivity index is 1.62. The number of hydrogen-bond donors (Lipinski definition) is 2. The number of likely N-dealkylation sites (tertiary alicyclic amines) is 1. The zero-order valence-corrected chi connectivity index (χ0v) is 19.0. The molecule has 0 radical (unpaired) electrons. The van der Waals surface area contributed by atoms with E-state index in [1.807, 2.05) is 24.3 Å². The van der Waals surface area contributed by atoms with Gasteiger partial charge in [0.1, 0.15) is 17.9 Å². The minimum absolute atomic E-state index is 0.0305. The Kier molecular flexibility index (Phi) is 9.15. The van der Waals surface area contributed by atoms with Gasteiger partial charge in [-0.2, -0.15) is 0 Å². The standard InChI is InChI=1S/C23H35N3O5/c1-23(2,3)31-22(29)25-16-21(28)26-12-10-18(11-13-26)15-24-20(27)9-8-17-6-5-7-19(14-17)30-4/h5-7,14,18H,8-13,15-16H2,1-4H3,(H,24,27)(H,25,29). The number of benzene rings is 1. The van der Waals surface area contributed by atoms with Crippen molar-refractivity contribution in [3.05, 3.63) is 29.8 Å². The number of carbonyl (C=O) groups excluding carboxylic acids is 3. The molecule has 1 fully saturated rings. The van der Waals surface area contributed by atoms with E-state index in [1.54, 1.807) is 32.8 Å². The molecular weight excluding hydrogens is 398 g/mol. The highest BCUT2D eigenvalue weighted by molar-refractivity contribution is 5.82. The SMILES string of the molecule is COc1cccc(CCC(=O)NCC2CCN(C(=O)CNC(=O)OC(C)(C)C)CC2)c1. The average molecular weight is 434 g/mol. The minimum atomic E-state index is -0.593. The first-order valence-electron chi connectivity index (χ1n) is 10.8. The molecule has 8 nitrogen and oxygen atoms in total. The molecule has 172 valence electrons. The van der Waals surface area contributed by atoms with Gasteiger partial charge in [0.05, 0.1) is 7.11 Å². The Morgan fingerprint density at radius 2 is 1.84 bits per heavy atom. The fourth-order valence-electron chi connectivity index (χ4n) is 3.39. The molecular formula is C23H35N3O5. The number of nitrogens with zero attached hydrogens (tertiary/aromatic N) is 1. The molecule has 0 aromatic heterocycles. The third-order valence-electron chi connectivity index (χ3n) is 5.11. The molecule has 31 heavy (non-hydrogen) atoms. The van der Waals surface area contributed by atoms with Crippen molar-refractivity contribution in [2.24, 2.45) is 5.92 Å². The molecule has 1 aliphatic rings. The molecule has 1 aromatic carbocycles. The zero-order chi connectivity index (χ0) is 22.9. The molecule has 3 amide bonds. The van der Waals surface area contributed by atoms with E-state index < -0.39 is 11.7 Å². The number of rotatable bonds is 8. The first-order chi connectivity index (χ1) is 14.7. The van der Waals surface area contributed by atoms with Gasteiger partial charge in [0.15, 0.2) is 0 Å². The summed E-state index contributed by atoms with van der Waals surface area (Å²) in [4.78, 5) is 37.9. The molecule has 0 atom stereocenters. The molecule has 2 rings (SSSR count). The Labute approximate surface area is 184 Å². The maximum absolute atomic E-state index is 12.3. The average Bonchev–Trinajstić information content (AvgIpc) is 2.74. The van der Waals surface area contributed by atoms with Crippen LogP contribution in [0.5, 0.6) is 5.75 Å². The summed E-state index contributed by atoms with van der Waals surface area (Å²) < 4.78 is 10.3. The lowest BCUT2D eigenvalue weighted by Gasteiger charge is -2.32. The first-order valence-corrected chi connectivity index (χ1v) is 10.8. The third kappa shape index (κ3) is 9.27. The van der Waals surface area contributed by atoms with Gasteiger partial charge in [-0.15, -0.1) is 0 Å². The van der Waals surface area contributed by atoms with E-state index in [1.165, 1.54) is 0 Å². The van der Waals surface area contributed by atoms with Gasteiger partial charge in [0, 0.05) is 26.1 Å². The number of hydrogen-bond acceptors (Lipinski definition) is 5. The smallest absolute Gasteiger partial charge is 0.408 e. The number of nitrogens with one attached hydrogen (secondary N) is 2. The summed E-state index contributed by atoms with van der Waals surface area (Å²) in [6, 6.07) is 7.73. The number of piperidine rings is 1. The number of carbonyl (C=O) groups is 3. The molecule has 0 spiro atoms. The van der Waals surface area contributed by atoms with Crippen molar-refractivity contribution >= 4 is 17.9 Å². The lowest BCUT2D eigenvalue weighted by molar-refractivity contribution is -0.131. The number of amides is 3. The van der Waals surface area contributed by atoms with Gasteiger partial charge in [-0.25, -0.2) is 4.79 Å². The molecule has 1 heterocycles. The summed E-state index contributed by atoms with van der Waals surface area (Å²) in [5.41, 5.74) is 0.477. The second-order valence-electron chi connectivity index (χ2n) is 8.84. The van der Waals surface area contributed by atoms with E-state index in [2.05, 4.69) is 10.6 Å². The van der Waals surface area contributed by atoms with Crippen molar-refractivity contribution in [2.75, 3.05) is 33.3 Å². The van der Waals surface area contributed by atoms with Crippen molar-refractivity contribution in [1.82, 2.24) is 15.5 Å². The van der Waals surface area contributed by atoms with Crippen molar-refractivity contribution in [3.63, 3.8) is 0 Å². The maximum Gasteiger partial charge on any atom is 0.408 e. The highest BCUT2D eigenvalue weighted by Crippen LogP contribution is 2.17. The Morgan fingerprint density at radius 3 is 2.48 bits per heavy atom. The molecule has 8 heteroatoms. The number of ether oxygens (including phenoxy) is 2. The van der Waals surface area contributed by atoms with E-state index in [0.717, 1.165) is 24.2 Å². The van der Waals surface area contributed by atoms with E-state index >= 15 is 0 Å². The highest BCUT2D eigenvalue weighted by atomic mass is 16.6. The normalized spacial score (nSPS) is 14.6. The lowest BCUT2D eigenvalue weighted by Crippen LogP contribution is -2.46. The predicted octanol–water partition coefficient (Wildman–Crippen LogP) is 2.51. The molecule has 2 N–H and O–H groups in total. The molecule has 1 aliphatic heterocycles. The maximum atomic E-state index is 12.3. The molecule has 0 unspecified atom stereocenters. The predicted molar refractivity (Wildman–Crippen MR) is 118 cm³/mol. The van der Waals surface area contributed by atoms with Gasteiger partial charge in [-0.05, 0) is 63.6 Å². The second kappa shape index (κ2) is 11.6. The van der Waals surface area contributed by atoms with Crippen molar-refractivity contribution in [1.29, 1.82) is 0 Å². The highest BCUT2D eigenvalue weighted by Gasteiger charge is 2.24. The summed E-state index contributed by atoms with van der Waals surface area (Å²) in [6.45, 7) is 7.12. The lowest BCUT2D eigenvalue weighted by atomic mass is 9.96. The van der Waals surface area contributed by atoms with Gasteiger partial charge in [-0.3, -0.25) is 9.59 Å². The minimum Gasteiger partial charge on any atom is -0.497 e. The molecule has 0 aliphatic carbocycles. The van der Waals surface area contributed by atoms with Crippen LogP contribution in [0.2, 0.25) is 0 Å². The van der Waals surface area contributed by atoms with Crippen molar-refractivity contribution in [2.45, 2.75) is 52.1 Å². The summed E-state index contributed by atoms with van der Waals surface area (Å²) in [6.07, 6.45) is 2.16. The fraction of sp³-hybridized carbons (Fsp3) is 0.609. The largest absolute Gasteiger partial charge is 0.497 e. The van der Waals surface area contributed by atoms with Gasteiger partial charge >= 0.3 is 6.09 Å². The first kappa shape index (κ1) is 24.5. The number of methoxy groups -OCH3 is 1. The van der Waals surface area contributed by atoms with E-state index in [0.29, 0.717) is 38.4 Å². The van der Waals surface area contributed by atoms with Gasteiger partial charge in [-0.1, -0.05) is 12.1 Å². The van der Waals surface area contributed by atoms with Gasteiger partial charge in [0.25, 0.3) is 0 Å². The van der Waals surface area contributed by atoms with Crippen LogP contribution in [-0.2, 0) is 20.7 Å². The van der Waals surface area contributed by atoms with Crippen LogP contribution < -0.4 is 15.4 Å². The van der Waals surface area contributed by atoms with Crippen LogP contribution in [0.25, 0.3) is 0 Å². The van der Waals surface area contributed by atoms with Gasteiger partial charge in [0.2, 0.25) is 11.8 Å². The summed E-state index contributed by atoms with van der Waals surface area (Å²) in [5.74, 6) is 1.05. The molecule has 1 aromatic rings. The summed E-state index contributed by atoms with van der Waals surface area (Å²) in [7, 11) is 1.63. The van der Waals surface area contributed by atoms with Crippen LogP contribution in [0.4, 0.5) is 4.79 Å². The van der Waals surface area contributed by atoms with E-state index in [-0.39, 0.29) is 18.4 Å².